The Balaban J connectivity index is 1.30. The predicted molar refractivity (Wildman–Crippen MR) is 94.8 cm³/mol. The SMILES string of the molecule is O=C(CCCc1nc(-c2cccs2)no1)NCCC1CCCCC1. The number of hydrogen-bond donors (Lipinski definition) is 1. The third-order valence-electron chi connectivity index (χ3n) is 4.60. The number of aryl methyl sites for hydroxylation is 1. The average molecular weight is 347 g/mol. The van der Waals surface area contributed by atoms with Gasteiger partial charge in [0.1, 0.15) is 0 Å². The molecule has 1 aliphatic carbocycles. The van der Waals surface area contributed by atoms with E-state index in [-0.39, 0.29) is 5.91 Å². The summed E-state index contributed by atoms with van der Waals surface area (Å²) in [5.74, 6) is 2.18. The van der Waals surface area contributed by atoms with E-state index in [4.69, 9.17) is 4.52 Å². The Hall–Kier alpha value is -1.69. The molecule has 3 rings (SSSR count). The molecule has 2 heterocycles. The van der Waals surface area contributed by atoms with Crippen molar-refractivity contribution in [1.29, 1.82) is 0 Å². The highest BCUT2D eigenvalue weighted by Crippen LogP contribution is 2.25. The number of rotatable bonds is 8. The van der Waals surface area contributed by atoms with Gasteiger partial charge in [-0.1, -0.05) is 43.3 Å². The second-order valence-electron chi connectivity index (χ2n) is 6.49. The normalized spacial score (nSPS) is 15.5. The zero-order valence-electron chi connectivity index (χ0n) is 14.0. The van der Waals surface area contributed by atoms with Gasteiger partial charge in [-0.25, -0.2) is 0 Å². The van der Waals surface area contributed by atoms with Crippen LogP contribution in [-0.4, -0.2) is 22.6 Å². The predicted octanol–water partition coefficient (Wildman–Crippen LogP) is 4.21. The maximum absolute atomic E-state index is 11.9. The van der Waals surface area contributed by atoms with Crippen molar-refractivity contribution in [1.82, 2.24) is 15.5 Å². The molecule has 0 spiro atoms. The first-order chi connectivity index (χ1) is 11.8. The molecular formula is C18H25N3O2S. The van der Waals surface area contributed by atoms with Gasteiger partial charge in [-0.05, 0) is 30.2 Å². The topological polar surface area (TPSA) is 68.0 Å². The Morgan fingerprint density at radius 1 is 1.33 bits per heavy atom. The van der Waals surface area contributed by atoms with E-state index in [1.54, 1.807) is 11.3 Å². The van der Waals surface area contributed by atoms with Crippen molar-refractivity contribution >= 4 is 17.2 Å². The van der Waals surface area contributed by atoms with Gasteiger partial charge in [0.15, 0.2) is 0 Å². The summed E-state index contributed by atoms with van der Waals surface area (Å²) in [5, 5.41) is 9.01. The molecule has 2 aromatic heterocycles. The summed E-state index contributed by atoms with van der Waals surface area (Å²) in [6.45, 7) is 0.812. The quantitative estimate of drug-likeness (QED) is 0.777. The fraction of sp³-hybridized carbons (Fsp3) is 0.611. The number of hydrogen-bond acceptors (Lipinski definition) is 5. The van der Waals surface area contributed by atoms with E-state index >= 15 is 0 Å². The maximum atomic E-state index is 11.9. The van der Waals surface area contributed by atoms with Crippen LogP contribution in [0.25, 0.3) is 10.7 Å². The average Bonchev–Trinajstić information content (AvgIpc) is 3.27. The van der Waals surface area contributed by atoms with E-state index in [2.05, 4.69) is 15.5 Å². The summed E-state index contributed by atoms with van der Waals surface area (Å²) >= 11 is 1.59. The Morgan fingerprint density at radius 3 is 3.00 bits per heavy atom. The minimum Gasteiger partial charge on any atom is -0.356 e. The number of nitrogens with zero attached hydrogens (tertiary/aromatic N) is 2. The number of amides is 1. The molecular weight excluding hydrogens is 322 g/mol. The largest absolute Gasteiger partial charge is 0.356 e. The molecule has 0 aliphatic heterocycles. The van der Waals surface area contributed by atoms with Crippen LogP contribution in [-0.2, 0) is 11.2 Å². The van der Waals surface area contributed by atoms with Gasteiger partial charge in [-0.3, -0.25) is 4.79 Å². The van der Waals surface area contributed by atoms with Gasteiger partial charge in [0.05, 0.1) is 4.88 Å². The van der Waals surface area contributed by atoms with E-state index < -0.39 is 0 Å². The summed E-state index contributed by atoms with van der Waals surface area (Å²) in [6, 6.07) is 3.94. The first-order valence-corrected chi connectivity index (χ1v) is 9.82. The van der Waals surface area contributed by atoms with E-state index in [1.807, 2.05) is 17.5 Å². The second kappa shape index (κ2) is 8.97. The van der Waals surface area contributed by atoms with Crippen molar-refractivity contribution in [3.05, 3.63) is 23.4 Å². The van der Waals surface area contributed by atoms with Crippen molar-refractivity contribution in [3.8, 4) is 10.7 Å². The van der Waals surface area contributed by atoms with Gasteiger partial charge < -0.3 is 9.84 Å². The Labute approximate surface area is 146 Å². The van der Waals surface area contributed by atoms with Gasteiger partial charge in [0, 0.05) is 19.4 Å². The molecule has 0 saturated heterocycles. The van der Waals surface area contributed by atoms with Crippen molar-refractivity contribution in [2.45, 2.75) is 57.8 Å². The van der Waals surface area contributed by atoms with Crippen LogP contribution in [0.1, 0.15) is 57.3 Å². The van der Waals surface area contributed by atoms with E-state index in [0.717, 1.165) is 30.2 Å². The molecule has 0 unspecified atom stereocenters. The van der Waals surface area contributed by atoms with Crippen LogP contribution in [0.5, 0.6) is 0 Å². The van der Waals surface area contributed by atoms with Gasteiger partial charge in [0.2, 0.25) is 17.6 Å². The monoisotopic (exact) mass is 347 g/mol. The van der Waals surface area contributed by atoms with Crippen LogP contribution in [0, 0.1) is 5.92 Å². The minimum absolute atomic E-state index is 0.129. The minimum atomic E-state index is 0.129. The van der Waals surface area contributed by atoms with Gasteiger partial charge in [-0.2, -0.15) is 4.98 Å². The maximum Gasteiger partial charge on any atom is 0.226 e. The van der Waals surface area contributed by atoms with Gasteiger partial charge in [-0.15, -0.1) is 11.3 Å². The summed E-state index contributed by atoms with van der Waals surface area (Å²) in [4.78, 5) is 17.3. The first kappa shape index (κ1) is 17.1. The van der Waals surface area contributed by atoms with Crippen LogP contribution in [0.2, 0.25) is 0 Å². The van der Waals surface area contributed by atoms with Crippen LogP contribution >= 0.6 is 11.3 Å². The first-order valence-electron chi connectivity index (χ1n) is 8.94. The molecule has 6 heteroatoms. The molecule has 0 atom stereocenters. The summed E-state index contributed by atoms with van der Waals surface area (Å²) < 4.78 is 5.24. The molecule has 1 fully saturated rings. The molecule has 5 nitrogen and oxygen atoms in total. The molecule has 24 heavy (non-hydrogen) atoms. The van der Waals surface area contributed by atoms with Crippen molar-refractivity contribution < 1.29 is 9.32 Å². The van der Waals surface area contributed by atoms with Gasteiger partial charge in [0.25, 0.3) is 0 Å². The highest BCUT2D eigenvalue weighted by atomic mass is 32.1. The lowest BCUT2D eigenvalue weighted by Crippen LogP contribution is -2.26. The summed E-state index contributed by atoms with van der Waals surface area (Å²) in [5.41, 5.74) is 0. The van der Waals surface area contributed by atoms with Crippen LogP contribution in [0.15, 0.2) is 22.0 Å². The molecule has 130 valence electrons. The lowest BCUT2D eigenvalue weighted by Gasteiger charge is -2.21. The number of carbonyl (C=O) groups is 1. The Kier molecular flexibility index (Phi) is 6.41. The standard InChI is InChI=1S/C18H25N3O2S/c22-16(19-12-11-14-6-2-1-3-7-14)9-4-10-17-20-18(21-23-17)15-8-5-13-24-15/h5,8,13-14H,1-4,6-7,9-12H2,(H,19,22). The Bertz CT molecular complexity index is 618. The molecule has 1 saturated carbocycles. The second-order valence-corrected chi connectivity index (χ2v) is 7.43. The van der Waals surface area contributed by atoms with E-state index in [1.165, 1.54) is 32.1 Å². The number of thiophene rings is 1. The fourth-order valence-corrected chi connectivity index (χ4v) is 3.89. The Morgan fingerprint density at radius 2 is 2.21 bits per heavy atom. The van der Waals surface area contributed by atoms with Gasteiger partial charge >= 0.3 is 0 Å². The van der Waals surface area contributed by atoms with Crippen molar-refractivity contribution in [2.75, 3.05) is 6.54 Å². The zero-order chi connectivity index (χ0) is 16.6. The van der Waals surface area contributed by atoms with E-state index in [0.29, 0.717) is 24.6 Å². The number of nitrogens with one attached hydrogen (secondary N) is 1. The molecule has 1 aliphatic rings. The van der Waals surface area contributed by atoms with Crippen molar-refractivity contribution in [3.63, 3.8) is 0 Å². The number of aromatic nitrogens is 2. The molecule has 0 aromatic carbocycles. The zero-order valence-corrected chi connectivity index (χ0v) is 14.8. The van der Waals surface area contributed by atoms with Crippen LogP contribution in [0.4, 0.5) is 0 Å². The third kappa shape index (κ3) is 5.16. The third-order valence-corrected chi connectivity index (χ3v) is 5.47. The lowest BCUT2D eigenvalue weighted by atomic mass is 9.87. The summed E-state index contributed by atoms with van der Waals surface area (Å²) in [6.07, 6.45) is 9.79. The molecule has 2 aromatic rings. The van der Waals surface area contributed by atoms with E-state index in [9.17, 15) is 4.79 Å². The fourth-order valence-electron chi connectivity index (χ4n) is 3.24. The lowest BCUT2D eigenvalue weighted by molar-refractivity contribution is -0.121. The molecule has 1 amide bonds. The molecule has 0 radical (unpaired) electrons. The molecule has 1 N–H and O–H groups in total. The summed E-state index contributed by atoms with van der Waals surface area (Å²) in [7, 11) is 0. The molecule has 0 bridgehead atoms. The highest BCUT2D eigenvalue weighted by Gasteiger charge is 2.13. The van der Waals surface area contributed by atoms with Crippen LogP contribution in [0.3, 0.4) is 0 Å². The highest BCUT2D eigenvalue weighted by molar-refractivity contribution is 7.13. The smallest absolute Gasteiger partial charge is 0.226 e. The van der Waals surface area contributed by atoms with Crippen LogP contribution < -0.4 is 5.32 Å². The number of carbonyl (C=O) groups excluding carboxylic acids is 1. The van der Waals surface area contributed by atoms with Crippen molar-refractivity contribution in [2.24, 2.45) is 5.92 Å².